The van der Waals surface area contributed by atoms with E-state index in [0.717, 1.165) is 30.5 Å². The average Bonchev–Trinajstić information content (AvgIpc) is 2.45. The van der Waals surface area contributed by atoms with E-state index in [0.29, 0.717) is 0 Å². The summed E-state index contributed by atoms with van der Waals surface area (Å²) in [5.41, 5.74) is 1.47. The number of ether oxygens (including phenoxy) is 1. The molecule has 0 saturated heterocycles. The first-order valence-electron chi connectivity index (χ1n) is 7.45. The van der Waals surface area contributed by atoms with Crippen molar-refractivity contribution >= 4 is 11.7 Å². The second-order valence-corrected chi connectivity index (χ2v) is 5.57. The van der Waals surface area contributed by atoms with Gasteiger partial charge in [0.1, 0.15) is 5.54 Å². The van der Waals surface area contributed by atoms with E-state index in [4.69, 9.17) is 4.74 Å². The average molecular weight is 277 g/mol. The van der Waals surface area contributed by atoms with Crippen molar-refractivity contribution in [3.05, 3.63) is 29.8 Å². The van der Waals surface area contributed by atoms with Gasteiger partial charge in [-0.25, -0.2) is 4.79 Å². The van der Waals surface area contributed by atoms with E-state index >= 15 is 0 Å². The number of hydrogen-bond acceptors (Lipinski definition) is 3. The maximum atomic E-state index is 12.1. The predicted octanol–water partition coefficient (Wildman–Crippen LogP) is 4.31. The number of para-hydroxylation sites is 1. The molecule has 20 heavy (non-hydrogen) atoms. The summed E-state index contributed by atoms with van der Waals surface area (Å²) in [6.07, 6.45) is 5.37. The highest BCUT2D eigenvalue weighted by molar-refractivity contribution is 5.84. The Morgan fingerprint density at radius 2 is 1.95 bits per heavy atom. The molecule has 3 nitrogen and oxygen atoms in total. The van der Waals surface area contributed by atoms with Gasteiger partial charge in [0, 0.05) is 5.69 Å². The fourth-order valence-electron chi connectivity index (χ4n) is 2.36. The molecule has 0 bridgehead atoms. The Kier molecular flexibility index (Phi) is 6.56. The lowest BCUT2D eigenvalue weighted by molar-refractivity contribution is -0.145. The quantitative estimate of drug-likeness (QED) is 0.568. The number of nitrogens with one attached hydrogen (secondary N) is 1. The molecular formula is C17H27NO2. The molecule has 112 valence electrons. The highest BCUT2D eigenvalue weighted by atomic mass is 16.5. The summed E-state index contributed by atoms with van der Waals surface area (Å²) in [6, 6.07) is 8.01. The molecule has 1 unspecified atom stereocenters. The van der Waals surface area contributed by atoms with Crippen LogP contribution in [0.5, 0.6) is 0 Å². The van der Waals surface area contributed by atoms with Crippen molar-refractivity contribution in [3.63, 3.8) is 0 Å². The van der Waals surface area contributed by atoms with Crippen LogP contribution >= 0.6 is 0 Å². The standard InChI is InChI=1S/C17H27NO2/c1-5-6-7-10-13-17(3,16(19)20-4)18-15-12-9-8-11-14(15)2/h8-9,11-12,18H,5-7,10,13H2,1-4H3. The molecule has 0 fully saturated rings. The zero-order valence-electron chi connectivity index (χ0n) is 13.2. The Balaban J connectivity index is 2.78. The lowest BCUT2D eigenvalue weighted by atomic mass is 9.93. The number of rotatable bonds is 8. The molecule has 1 aromatic carbocycles. The Morgan fingerprint density at radius 3 is 2.55 bits per heavy atom. The predicted molar refractivity (Wildman–Crippen MR) is 84.0 cm³/mol. The van der Waals surface area contributed by atoms with E-state index in [-0.39, 0.29) is 5.97 Å². The molecule has 0 radical (unpaired) electrons. The van der Waals surface area contributed by atoms with Gasteiger partial charge in [-0.05, 0) is 31.9 Å². The van der Waals surface area contributed by atoms with Crippen LogP contribution < -0.4 is 5.32 Å². The molecule has 3 heteroatoms. The van der Waals surface area contributed by atoms with Crippen LogP contribution in [0.4, 0.5) is 5.69 Å². The minimum atomic E-state index is -0.658. The van der Waals surface area contributed by atoms with Crippen LogP contribution in [-0.4, -0.2) is 18.6 Å². The van der Waals surface area contributed by atoms with Crippen molar-refractivity contribution < 1.29 is 9.53 Å². The van der Waals surface area contributed by atoms with E-state index in [9.17, 15) is 4.79 Å². The number of unbranched alkanes of at least 4 members (excludes halogenated alkanes) is 3. The van der Waals surface area contributed by atoms with Crippen LogP contribution in [0.3, 0.4) is 0 Å². The maximum absolute atomic E-state index is 12.1. The van der Waals surface area contributed by atoms with Crippen molar-refractivity contribution in [1.82, 2.24) is 0 Å². The number of benzene rings is 1. The van der Waals surface area contributed by atoms with Gasteiger partial charge in [-0.15, -0.1) is 0 Å². The lowest BCUT2D eigenvalue weighted by Crippen LogP contribution is -2.44. The van der Waals surface area contributed by atoms with Gasteiger partial charge in [-0.3, -0.25) is 0 Å². The fraction of sp³-hybridized carbons (Fsp3) is 0.588. The van der Waals surface area contributed by atoms with E-state index in [1.165, 1.54) is 20.0 Å². The summed E-state index contributed by atoms with van der Waals surface area (Å²) in [5, 5.41) is 3.38. The molecule has 0 aliphatic heterocycles. The second-order valence-electron chi connectivity index (χ2n) is 5.57. The molecular weight excluding hydrogens is 250 g/mol. The molecule has 0 heterocycles. The third kappa shape index (κ3) is 4.55. The molecule has 0 saturated carbocycles. The number of esters is 1. The number of hydrogen-bond donors (Lipinski definition) is 1. The third-order valence-corrected chi connectivity index (χ3v) is 3.72. The molecule has 0 spiro atoms. The van der Waals surface area contributed by atoms with Crippen LogP contribution in [0.15, 0.2) is 24.3 Å². The third-order valence-electron chi connectivity index (χ3n) is 3.72. The van der Waals surface area contributed by atoms with Crippen LogP contribution in [0.2, 0.25) is 0 Å². The Hall–Kier alpha value is -1.51. The first-order valence-corrected chi connectivity index (χ1v) is 7.45. The molecule has 0 aliphatic carbocycles. The summed E-state index contributed by atoms with van der Waals surface area (Å²) in [7, 11) is 1.45. The molecule has 1 atom stereocenters. The number of carbonyl (C=O) groups is 1. The van der Waals surface area contributed by atoms with Gasteiger partial charge < -0.3 is 10.1 Å². The summed E-state index contributed by atoms with van der Waals surface area (Å²) in [6.45, 7) is 6.15. The minimum absolute atomic E-state index is 0.197. The number of methoxy groups -OCH3 is 1. The second kappa shape index (κ2) is 7.93. The lowest BCUT2D eigenvalue weighted by Gasteiger charge is -2.30. The number of carbonyl (C=O) groups excluding carboxylic acids is 1. The summed E-state index contributed by atoms with van der Waals surface area (Å²) in [4.78, 5) is 12.1. The van der Waals surface area contributed by atoms with E-state index in [1.54, 1.807) is 0 Å². The van der Waals surface area contributed by atoms with E-state index in [2.05, 4.69) is 12.2 Å². The van der Waals surface area contributed by atoms with Crippen molar-refractivity contribution in [2.45, 2.75) is 58.4 Å². The SMILES string of the molecule is CCCCCCC(C)(Nc1ccccc1C)C(=O)OC. The van der Waals surface area contributed by atoms with Gasteiger partial charge in [0.25, 0.3) is 0 Å². The van der Waals surface area contributed by atoms with Crippen molar-refractivity contribution in [2.75, 3.05) is 12.4 Å². The van der Waals surface area contributed by atoms with Crippen LogP contribution in [-0.2, 0) is 9.53 Å². The van der Waals surface area contributed by atoms with Gasteiger partial charge in [0.05, 0.1) is 7.11 Å². The Bertz CT molecular complexity index is 431. The first kappa shape index (κ1) is 16.5. The molecule has 1 aromatic rings. The summed E-state index contributed by atoms with van der Waals surface area (Å²) < 4.78 is 4.98. The van der Waals surface area contributed by atoms with E-state index in [1.807, 2.05) is 38.1 Å². The molecule has 1 N–H and O–H groups in total. The Morgan fingerprint density at radius 1 is 1.25 bits per heavy atom. The zero-order chi connectivity index (χ0) is 15.0. The first-order chi connectivity index (χ1) is 9.53. The highest BCUT2D eigenvalue weighted by Gasteiger charge is 2.33. The largest absolute Gasteiger partial charge is 0.467 e. The molecule has 0 amide bonds. The number of anilines is 1. The summed E-state index contributed by atoms with van der Waals surface area (Å²) >= 11 is 0. The Labute approximate surface area is 122 Å². The monoisotopic (exact) mass is 277 g/mol. The van der Waals surface area contributed by atoms with E-state index < -0.39 is 5.54 Å². The molecule has 0 aliphatic rings. The van der Waals surface area contributed by atoms with Gasteiger partial charge in [0.2, 0.25) is 0 Å². The fourth-order valence-corrected chi connectivity index (χ4v) is 2.36. The minimum Gasteiger partial charge on any atom is -0.467 e. The smallest absolute Gasteiger partial charge is 0.331 e. The van der Waals surface area contributed by atoms with Crippen molar-refractivity contribution in [3.8, 4) is 0 Å². The molecule has 1 rings (SSSR count). The maximum Gasteiger partial charge on any atom is 0.331 e. The van der Waals surface area contributed by atoms with Crippen LogP contribution in [0, 0.1) is 6.92 Å². The van der Waals surface area contributed by atoms with Crippen molar-refractivity contribution in [1.29, 1.82) is 0 Å². The topological polar surface area (TPSA) is 38.3 Å². The zero-order valence-corrected chi connectivity index (χ0v) is 13.2. The highest BCUT2D eigenvalue weighted by Crippen LogP contribution is 2.25. The molecule has 0 aromatic heterocycles. The van der Waals surface area contributed by atoms with Gasteiger partial charge in [-0.2, -0.15) is 0 Å². The van der Waals surface area contributed by atoms with Gasteiger partial charge in [-0.1, -0.05) is 50.8 Å². The van der Waals surface area contributed by atoms with Crippen molar-refractivity contribution in [2.24, 2.45) is 0 Å². The number of aryl methyl sites for hydroxylation is 1. The normalized spacial score (nSPS) is 13.6. The van der Waals surface area contributed by atoms with Crippen LogP contribution in [0.1, 0.15) is 51.5 Å². The van der Waals surface area contributed by atoms with Gasteiger partial charge >= 0.3 is 5.97 Å². The van der Waals surface area contributed by atoms with Crippen LogP contribution in [0.25, 0.3) is 0 Å². The summed E-state index contributed by atoms with van der Waals surface area (Å²) in [5.74, 6) is -0.197. The van der Waals surface area contributed by atoms with Gasteiger partial charge in [0.15, 0.2) is 0 Å².